The van der Waals surface area contributed by atoms with E-state index in [0.717, 1.165) is 10.7 Å². The smallest absolute Gasteiger partial charge is 0.258 e. The van der Waals surface area contributed by atoms with Crippen LogP contribution in [0.15, 0.2) is 0 Å². The molecule has 0 atom stereocenters. The molecule has 0 aromatic carbocycles. The lowest BCUT2D eigenvalue weighted by Gasteiger charge is -2.10. The zero-order valence-corrected chi connectivity index (χ0v) is 9.03. The summed E-state index contributed by atoms with van der Waals surface area (Å²) >= 11 is 1.31. The number of carbonyl (C=O) groups excluding carboxylic acids is 1. The molecule has 0 spiro atoms. The summed E-state index contributed by atoms with van der Waals surface area (Å²) in [5.74, 6) is -0.00407. The Morgan fingerprint density at radius 2 is 2.15 bits per heavy atom. The molecule has 0 aliphatic carbocycles. The monoisotopic (exact) mass is 199 g/mol. The number of rotatable bonds is 2. The van der Waals surface area contributed by atoms with E-state index in [2.05, 4.69) is 9.69 Å². The van der Waals surface area contributed by atoms with Crippen LogP contribution in [0.3, 0.4) is 0 Å². The molecule has 1 amide bonds. The molecule has 1 aromatic rings. The largest absolute Gasteiger partial charge is 0.378 e. The normalized spacial score (nSPS) is 9.85. The lowest BCUT2D eigenvalue weighted by Crippen LogP contribution is -2.22. The van der Waals surface area contributed by atoms with Gasteiger partial charge in [0.25, 0.3) is 5.91 Å². The quantitative estimate of drug-likeness (QED) is 0.778. The molecule has 0 bridgehead atoms. The van der Waals surface area contributed by atoms with Crippen LogP contribution in [0.25, 0.3) is 0 Å². The van der Waals surface area contributed by atoms with Crippen molar-refractivity contribution in [1.29, 1.82) is 0 Å². The zero-order valence-electron chi connectivity index (χ0n) is 8.21. The molecule has 0 aliphatic heterocycles. The van der Waals surface area contributed by atoms with Crippen LogP contribution in [0.4, 0.5) is 5.00 Å². The summed E-state index contributed by atoms with van der Waals surface area (Å²) in [6, 6.07) is 0. The van der Waals surface area contributed by atoms with Gasteiger partial charge in [-0.3, -0.25) is 4.79 Å². The summed E-state index contributed by atoms with van der Waals surface area (Å²) < 4.78 is 4.12. The van der Waals surface area contributed by atoms with Crippen LogP contribution in [0, 0.1) is 6.92 Å². The van der Waals surface area contributed by atoms with Gasteiger partial charge in [-0.05, 0) is 18.5 Å². The predicted molar refractivity (Wildman–Crippen MR) is 54.4 cm³/mol. The van der Waals surface area contributed by atoms with Crippen molar-refractivity contribution in [3.8, 4) is 0 Å². The van der Waals surface area contributed by atoms with Crippen molar-refractivity contribution in [3.05, 3.63) is 11.3 Å². The number of nitrogens with one attached hydrogen (secondary N) is 1. The van der Waals surface area contributed by atoms with Crippen molar-refractivity contribution in [2.24, 2.45) is 0 Å². The van der Waals surface area contributed by atoms with Crippen LogP contribution in [0.2, 0.25) is 0 Å². The van der Waals surface area contributed by atoms with Crippen LogP contribution < -0.4 is 5.32 Å². The molecular weight excluding hydrogens is 186 g/mol. The molecular formula is C8H13N3OS. The van der Waals surface area contributed by atoms with Gasteiger partial charge in [-0.15, -0.1) is 0 Å². The fourth-order valence-electron chi connectivity index (χ4n) is 1.02. The van der Waals surface area contributed by atoms with E-state index in [0.29, 0.717) is 5.56 Å². The molecule has 0 unspecified atom stereocenters. The molecule has 13 heavy (non-hydrogen) atoms. The van der Waals surface area contributed by atoms with Crippen molar-refractivity contribution in [3.63, 3.8) is 0 Å². The lowest BCUT2D eigenvalue weighted by atomic mass is 10.2. The van der Waals surface area contributed by atoms with E-state index >= 15 is 0 Å². The Hall–Kier alpha value is -1.10. The predicted octanol–water partition coefficient (Wildman–Crippen LogP) is 1.20. The van der Waals surface area contributed by atoms with Gasteiger partial charge in [0.15, 0.2) is 0 Å². The van der Waals surface area contributed by atoms with Crippen molar-refractivity contribution >= 4 is 22.4 Å². The number of amides is 1. The molecule has 4 nitrogen and oxygen atoms in total. The minimum absolute atomic E-state index is 0.00407. The first-order valence-corrected chi connectivity index (χ1v) is 4.71. The summed E-state index contributed by atoms with van der Waals surface area (Å²) in [5, 5.41) is 3.79. The van der Waals surface area contributed by atoms with E-state index in [-0.39, 0.29) is 5.91 Å². The van der Waals surface area contributed by atoms with Crippen LogP contribution in [0.5, 0.6) is 0 Å². The fraction of sp³-hybridized carbons (Fsp3) is 0.500. The van der Waals surface area contributed by atoms with Gasteiger partial charge in [-0.1, -0.05) is 0 Å². The van der Waals surface area contributed by atoms with Crippen LogP contribution in [-0.4, -0.2) is 36.3 Å². The molecule has 1 heterocycles. The molecule has 5 heteroatoms. The molecule has 0 fully saturated rings. The van der Waals surface area contributed by atoms with E-state index in [9.17, 15) is 4.79 Å². The second-order valence-electron chi connectivity index (χ2n) is 2.92. The van der Waals surface area contributed by atoms with Gasteiger partial charge in [0.1, 0.15) is 5.00 Å². The zero-order chi connectivity index (χ0) is 10.0. The number of hydrogen-bond acceptors (Lipinski definition) is 4. The number of hydrogen-bond donors (Lipinski definition) is 1. The highest BCUT2D eigenvalue weighted by atomic mass is 32.1. The molecule has 0 radical (unpaired) electrons. The van der Waals surface area contributed by atoms with Crippen molar-refractivity contribution in [2.45, 2.75) is 6.92 Å². The van der Waals surface area contributed by atoms with Crippen LogP contribution in [-0.2, 0) is 0 Å². The molecule has 1 aromatic heterocycles. The minimum Gasteiger partial charge on any atom is -0.378 e. The summed E-state index contributed by atoms with van der Waals surface area (Å²) in [4.78, 5) is 13.2. The SMILES string of the molecule is CNc1snc(C)c1C(=O)N(C)C. The summed E-state index contributed by atoms with van der Waals surface area (Å²) in [6.45, 7) is 1.84. The topological polar surface area (TPSA) is 45.2 Å². The Labute approximate surface area is 81.7 Å². The lowest BCUT2D eigenvalue weighted by molar-refractivity contribution is 0.0828. The Balaban J connectivity index is 3.11. The number of aromatic nitrogens is 1. The van der Waals surface area contributed by atoms with Gasteiger partial charge in [-0.2, -0.15) is 4.37 Å². The van der Waals surface area contributed by atoms with Crippen molar-refractivity contribution in [1.82, 2.24) is 9.27 Å². The third kappa shape index (κ3) is 1.80. The molecule has 0 aliphatic rings. The Morgan fingerprint density at radius 3 is 2.62 bits per heavy atom. The Morgan fingerprint density at radius 1 is 1.54 bits per heavy atom. The highest BCUT2D eigenvalue weighted by Gasteiger charge is 2.18. The van der Waals surface area contributed by atoms with Gasteiger partial charge in [0.05, 0.1) is 11.3 Å². The van der Waals surface area contributed by atoms with Crippen molar-refractivity contribution < 1.29 is 4.79 Å². The molecule has 0 saturated carbocycles. The maximum absolute atomic E-state index is 11.7. The average molecular weight is 199 g/mol. The number of anilines is 1. The van der Waals surface area contributed by atoms with Gasteiger partial charge in [0, 0.05) is 21.1 Å². The second kappa shape index (κ2) is 3.74. The highest BCUT2D eigenvalue weighted by molar-refractivity contribution is 7.10. The average Bonchev–Trinajstić information content (AvgIpc) is 2.45. The third-order valence-electron chi connectivity index (χ3n) is 1.71. The molecule has 1 rings (SSSR count). The van der Waals surface area contributed by atoms with E-state index in [1.807, 2.05) is 6.92 Å². The van der Waals surface area contributed by atoms with E-state index < -0.39 is 0 Å². The van der Waals surface area contributed by atoms with Gasteiger partial charge < -0.3 is 10.2 Å². The molecule has 72 valence electrons. The molecule has 1 N–H and O–H groups in total. The number of aryl methyl sites for hydroxylation is 1. The Kier molecular flexibility index (Phi) is 2.87. The van der Waals surface area contributed by atoms with E-state index in [4.69, 9.17) is 0 Å². The number of nitrogens with zero attached hydrogens (tertiary/aromatic N) is 2. The Bertz CT molecular complexity index is 319. The van der Waals surface area contributed by atoms with Crippen LogP contribution >= 0.6 is 11.5 Å². The van der Waals surface area contributed by atoms with Crippen molar-refractivity contribution in [2.75, 3.05) is 26.5 Å². The summed E-state index contributed by atoms with van der Waals surface area (Å²) in [5.41, 5.74) is 1.46. The van der Waals surface area contributed by atoms with Crippen LogP contribution in [0.1, 0.15) is 16.1 Å². The second-order valence-corrected chi connectivity index (χ2v) is 3.70. The first-order valence-electron chi connectivity index (χ1n) is 3.93. The van der Waals surface area contributed by atoms with Gasteiger partial charge in [-0.25, -0.2) is 0 Å². The summed E-state index contributed by atoms with van der Waals surface area (Å²) in [7, 11) is 5.26. The molecule has 0 saturated heterocycles. The van der Waals surface area contributed by atoms with Gasteiger partial charge >= 0.3 is 0 Å². The number of carbonyl (C=O) groups is 1. The highest BCUT2D eigenvalue weighted by Crippen LogP contribution is 2.24. The maximum Gasteiger partial charge on any atom is 0.258 e. The van der Waals surface area contributed by atoms with E-state index in [1.165, 1.54) is 11.5 Å². The standard InChI is InChI=1S/C8H13N3OS/c1-5-6(8(12)11(3)4)7(9-2)13-10-5/h9H,1-4H3. The maximum atomic E-state index is 11.7. The first kappa shape index (κ1) is 9.98. The third-order valence-corrected chi connectivity index (χ3v) is 2.67. The minimum atomic E-state index is -0.00407. The first-order chi connectivity index (χ1) is 6.07. The van der Waals surface area contributed by atoms with Gasteiger partial charge in [0.2, 0.25) is 0 Å². The fourth-order valence-corrected chi connectivity index (χ4v) is 1.75. The summed E-state index contributed by atoms with van der Waals surface area (Å²) in [6.07, 6.45) is 0. The van der Waals surface area contributed by atoms with E-state index in [1.54, 1.807) is 26.0 Å².